The molecule has 0 amide bonds. The smallest absolute Gasteiger partial charge is 0.124 e. The Bertz CT molecular complexity index is 524. The molecule has 1 atom stereocenters. The number of aryl methyl sites for hydroxylation is 1. The van der Waals surface area contributed by atoms with Gasteiger partial charge in [0.2, 0.25) is 0 Å². The molecule has 1 heterocycles. The summed E-state index contributed by atoms with van der Waals surface area (Å²) in [5.41, 5.74) is 9.43. The molecule has 0 aliphatic carbocycles. The van der Waals surface area contributed by atoms with E-state index in [2.05, 4.69) is 18.0 Å². The van der Waals surface area contributed by atoms with Crippen molar-refractivity contribution >= 4 is 0 Å². The molecule has 19 heavy (non-hydrogen) atoms. The van der Waals surface area contributed by atoms with E-state index in [-0.39, 0.29) is 6.04 Å². The Hall–Kier alpha value is -1.87. The van der Waals surface area contributed by atoms with Gasteiger partial charge in [-0.05, 0) is 43.2 Å². The summed E-state index contributed by atoms with van der Waals surface area (Å²) in [5.74, 6) is 0.893. The molecule has 0 aliphatic rings. The van der Waals surface area contributed by atoms with E-state index in [1.54, 1.807) is 12.4 Å². The molecule has 3 heteroatoms. The number of hydrogen-bond acceptors (Lipinski definition) is 3. The minimum Gasteiger partial charge on any atom is -0.493 e. The molecule has 0 bridgehead atoms. The molecule has 0 spiro atoms. The van der Waals surface area contributed by atoms with Crippen LogP contribution in [0.1, 0.15) is 29.7 Å². The largest absolute Gasteiger partial charge is 0.493 e. The van der Waals surface area contributed by atoms with Gasteiger partial charge in [0, 0.05) is 30.4 Å². The van der Waals surface area contributed by atoms with E-state index in [0.29, 0.717) is 6.61 Å². The molecule has 3 nitrogen and oxygen atoms in total. The second-order valence-electron chi connectivity index (χ2n) is 4.78. The van der Waals surface area contributed by atoms with Gasteiger partial charge in [0.15, 0.2) is 0 Å². The van der Waals surface area contributed by atoms with Gasteiger partial charge in [-0.2, -0.15) is 0 Å². The van der Waals surface area contributed by atoms with Gasteiger partial charge in [-0.25, -0.2) is 0 Å². The van der Waals surface area contributed by atoms with Crippen LogP contribution in [0.15, 0.2) is 42.7 Å². The minimum atomic E-state index is -0.0171. The summed E-state index contributed by atoms with van der Waals surface area (Å²) in [7, 11) is 0. The highest BCUT2D eigenvalue weighted by molar-refractivity contribution is 5.38. The Kier molecular flexibility index (Phi) is 4.53. The summed E-state index contributed by atoms with van der Waals surface area (Å²) in [6, 6.07) is 10.1. The van der Waals surface area contributed by atoms with E-state index in [4.69, 9.17) is 10.5 Å². The predicted octanol–water partition coefficient (Wildman–Crippen LogP) is 3.03. The number of ether oxygens (including phenoxy) is 1. The summed E-state index contributed by atoms with van der Waals surface area (Å²) >= 11 is 0. The van der Waals surface area contributed by atoms with E-state index < -0.39 is 0 Å². The van der Waals surface area contributed by atoms with Crippen molar-refractivity contribution in [1.82, 2.24) is 4.98 Å². The highest BCUT2D eigenvalue weighted by Crippen LogP contribution is 2.25. The number of aromatic nitrogens is 1. The monoisotopic (exact) mass is 256 g/mol. The maximum atomic E-state index is 5.96. The van der Waals surface area contributed by atoms with Crippen LogP contribution in [0.5, 0.6) is 5.75 Å². The lowest BCUT2D eigenvalue weighted by Gasteiger charge is -2.14. The van der Waals surface area contributed by atoms with Crippen molar-refractivity contribution in [2.75, 3.05) is 6.61 Å². The molecular formula is C16H20N2O. The van der Waals surface area contributed by atoms with Crippen molar-refractivity contribution in [3.05, 3.63) is 59.4 Å². The molecule has 2 N–H and O–H groups in total. The van der Waals surface area contributed by atoms with E-state index in [1.807, 2.05) is 31.2 Å². The first-order valence-electron chi connectivity index (χ1n) is 6.54. The van der Waals surface area contributed by atoms with Crippen LogP contribution in [0.3, 0.4) is 0 Å². The van der Waals surface area contributed by atoms with Gasteiger partial charge in [0.25, 0.3) is 0 Å². The molecule has 2 rings (SSSR count). The molecule has 1 aromatic carbocycles. The number of pyridine rings is 1. The van der Waals surface area contributed by atoms with Gasteiger partial charge < -0.3 is 10.5 Å². The van der Waals surface area contributed by atoms with Crippen molar-refractivity contribution in [1.29, 1.82) is 0 Å². The van der Waals surface area contributed by atoms with Crippen LogP contribution in [0, 0.1) is 6.92 Å². The fourth-order valence-electron chi connectivity index (χ4n) is 1.97. The molecule has 0 aliphatic heterocycles. The number of nitrogens with two attached hydrogens (primary N) is 1. The third kappa shape index (κ3) is 3.80. The van der Waals surface area contributed by atoms with Gasteiger partial charge in [-0.1, -0.05) is 12.1 Å². The Balaban J connectivity index is 2.01. The Morgan fingerprint density at radius 1 is 1.21 bits per heavy atom. The first-order chi connectivity index (χ1) is 9.16. The lowest BCUT2D eigenvalue weighted by atomic mass is 10.1. The first kappa shape index (κ1) is 13.6. The Morgan fingerprint density at radius 2 is 1.95 bits per heavy atom. The van der Waals surface area contributed by atoms with Crippen molar-refractivity contribution in [3.63, 3.8) is 0 Å². The summed E-state index contributed by atoms with van der Waals surface area (Å²) in [5, 5.41) is 0. The summed E-state index contributed by atoms with van der Waals surface area (Å²) < 4.78 is 5.88. The van der Waals surface area contributed by atoms with Gasteiger partial charge in [0.1, 0.15) is 5.75 Å². The zero-order chi connectivity index (χ0) is 13.7. The van der Waals surface area contributed by atoms with Crippen LogP contribution in [0.25, 0.3) is 0 Å². The summed E-state index contributed by atoms with van der Waals surface area (Å²) in [6.45, 7) is 4.67. The highest BCUT2D eigenvalue weighted by atomic mass is 16.5. The second kappa shape index (κ2) is 6.34. The number of rotatable bonds is 5. The summed E-state index contributed by atoms with van der Waals surface area (Å²) in [6.07, 6.45) is 4.47. The third-order valence-corrected chi connectivity index (χ3v) is 3.06. The van der Waals surface area contributed by atoms with Crippen LogP contribution in [-0.2, 0) is 6.42 Å². The third-order valence-electron chi connectivity index (χ3n) is 3.06. The van der Waals surface area contributed by atoms with Crippen molar-refractivity contribution in [3.8, 4) is 5.75 Å². The van der Waals surface area contributed by atoms with Crippen LogP contribution >= 0.6 is 0 Å². The van der Waals surface area contributed by atoms with E-state index in [9.17, 15) is 0 Å². The van der Waals surface area contributed by atoms with Gasteiger partial charge in [0.05, 0.1) is 6.61 Å². The quantitative estimate of drug-likeness (QED) is 0.894. The molecule has 0 fully saturated rings. The van der Waals surface area contributed by atoms with E-state index >= 15 is 0 Å². The molecule has 1 aromatic heterocycles. The average Bonchev–Trinajstić information content (AvgIpc) is 2.39. The number of hydrogen-bond donors (Lipinski definition) is 1. The SMILES string of the molecule is Cc1ccc(C(C)N)c(OCCc2ccncc2)c1. The normalized spacial score (nSPS) is 12.2. The highest BCUT2D eigenvalue weighted by Gasteiger charge is 2.08. The molecule has 1 unspecified atom stereocenters. The Morgan fingerprint density at radius 3 is 2.63 bits per heavy atom. The topological polar surface area (TPSA) is 48.1 Å². The van der Waals surface area contributed by atoms with Crippen LogP contribution in [0.4, 0.5) is 0 Å². The van der Waals surface area contributed by atoms with E-state index in [0.717, 1.165) is 17.7 Å². The van der Waals surface area contributed by atoms with Crippen molar-refractivity contribution in [2.45, 2.75) is 26.3 Å². The standard InChI is InChI=1S/C16H20N2O/c1-12-3-4-15(13(2)17)16(11-12)19-10-7-14-5-8-18-9-6-14/h3-6,8-9,11,13H,7,10,17H2,1-2H3. The number of nitrogens with zero attached hydrogens (tertiary/aromatic N) is 1. The zero-order valence-corrected chi connectivity index (χ0v) is 11.5. The fourth-order valence-corrected chi connectivity index (χ4v) is 1.97. The molecule has 0 saturated carbocycles. The zero-order valence-electron chi connectivity index (χ0n) is 11.5. The lowest BCUT2D eigenvalue weighted by Crippen LogP contribution is -2.09. The van der Waals surface area contributed by atoms with E-state index in [1.165, 1.54) is 11.1 Å². The maximum Gasteiger partial charge on any atom is 0.124 e. The van der Waals surface area contributed by atoms with Gasteiger partial charge in [-0.3, -0.25) is 4.98 Å². The van der Waals surface area contributed by atoms with Crippen LogP contribution in [-0.4, -0.2) is 11.6 Å². The second-order valence-corrected chi connectivity index (χ2v) is 4.78. The van der Waals surface area contributed by atoms with Crippen molar-refractivity contribution < 1.29 is 4.74 Å². The fraction of sp³-hybridized carbons (Fsp3) is 0.312. The predicted molar refractivity (Wildman–Crippen MR) is 77.2 cm³/mol. The molecular weight excluding hydrogens is 236 g/mol. The minimum absolute atomic E-state index is 0.0171. The van der Waals surface area contributed by atoms with Gasteiger partial charge >= 0.3 is 0 Å². The molecule has 0 saturated heterocycles. The van der Waals surface area contributed by atoms with Crippen molar-refractivity contribution in [2.24, 2.45) is 5.73 Å². The molecule has 0 radical (unpaired) electrons. The maximum absolute atomic E-state index is 5.96. The Labute approximate surface area is 114 Å². The average molecular weight is 256 g/mol. The first-order valence-corrected chi connectivity index (χ1v) is 6.54. The summed E-state index contributed by atoms with van der Waals surface area (Å²) in [4.78, 5) is 4.00. The molecule has 2 aromatic rings. The lowest BCUT2D eigenvalue weighted by molar-refractivity contribution is 0.317. The van der Waals surface area contributed by atoms with Gasteiger partial charge in [-0.15, -0.1) is 0 Å². The number of benzene rings is 1. The van der Waals surface area contributed by atoms with Crippen LogP contribution in [0.2, 0.25) is 0 Å². The van der Waals surface area contributed by atoms with Crippen LogP contribution < -0.4 is 10.5 Å². The molecule has 100 valence electrons.